The number of rotatable bonds is 7. The number of carbonyl (C=O) groups is 1. The van der Waals surface area contributed by atoms with E-state index in [0.717, 1.165) is 6.42 Å². The normalized spacial score (nSPS) is 12.5. The maximum atomic E-state index is 11.4. The van der Waals surface area contributed by atoms with Crippen LogP contribution in [0, 0.1) is 22.0 Å². The van der Waals surface area contributed by atoms with Crippen molar-refractivity contribution in [3.05, 3.63) is 10.1 Å². The van der Waals surface area contributed by atoms with Crippen molar-refractivity contribution in [3.8, 4) is 0 Å². The molecule has 0 unspecified atom stereocenters. The molecule has 0 fully saturated rings. The molecule has 0 bridgehead atoms. The molecule has 0 aliphatic carbocycles. The molecule has 0 aliphatic heterocycles. The summed E-state index contributed by atoms with van der Waals surface area (Å²) in [4.78, 5) is 21.3. The highest BCUT2D eigenvalue weighted by Gasteiger charge is 2.25. The number of hydrogen-bond acceptors (Lipinski definition) is 4. The quantitative estimate of drug-likeness (QED) is 0.371. The Hall–Kier alpha value is -1.13. The highest BCUT2D eigenvalue weighted by molar-refractivity contribution is 5.72. The molecule has 0 aliphatic rings. The van der Waals surface area contributed by atoms with Gasteiger partial charge >= 0.3 is 5.97 Å². The minimum Gasteiger partial charge on any atom is -0.466 e. The van der Waals surface area contributed by atoms with E-state index in [2.05, 4.69) is 0 Å². The molecule has 0 saturated carbocycles. The zero-order valence-corrected chi connectivity index (χ0v) is 9.56. The van der Waals surface area contributed by atoms with E-state index in [4.69, 9.17) is 4.74 Å². The van der Waals surface area contributed by atoms with Crippen LogP contribution in [0.15, 0.2) is 0 Å². The lowest BCUT2D eigenvalue weighted by molar-refractivity contribution is -0.486. The standard InChI is InChI=1S/C10H19NO4/c1-4-15-10(12)9(7-11(13)14)6-5-8(2)3/h8-9H,4-7H2,1-3H3/t9-/m0/s1. The third kappa shape index (κ3) is 6.88. The van der Waals surface area contributed by atoms with Gasteiger partial charge in [0.05, 0.1) is 6.61 Å². The number of esters is 1. The summed E-state index contributed by atoms with van der Waals surface area (Å²) in [5.74, 6) is -0.606. The molecule has 0 saturated heterocycles. The van der Waals surface area contributed by atoms with Crippen LogP contribution in [0.3, 0.4) is 0 Å². The summed E-state index contributed by atoms with van der Waals surface area (Å²) in [6, 6.07) is 0. The lowest BCUT2D eigenvalue weighted by atomic mass is 9.98. The minimum atomic E-state index is -0.595. The van der Waals surface area contributed by atoms with Crippen LogP contribution in [-0.4, -0.2) is 24.0 Å². The van der Waals surface area contributed by atoms with Gasteiger partial charge in [-0.3, -0.25) is 14.9 Å². The molecule has 0 aromatic heterocycles. The summed E-state index contributed by atoms with van der Waals surface area (Å²) in [6.07, 6.45) is 1.33. The second kappa shape index (κ2) is 7.20. The topological polar surface area (TPSA) is 69.4 Å². The zero-order chi connectivity index (χ0) is 11.8. The Morgan fingerprint density at radius 3 is 2.40 bits per heavy atom. The molecule has 88 valence electrons. The SMILES string of the molecule is CCOC(=O)[C@@H](CCC(C)C)C[N+](=O)[O-]. The highest BCUT2D eigenvalue weighted by atomic mass is 16.6. The molecule has 15 heavy (non-hydrogen) atoms. The van der Waals surface area contributed by atoms with Crippen LogP contribution in [0.4, 0.5) is 0 Å². The smallest absolute Gasteiger partial charge is 0.315 e. The Labute approximate surface area is 90.0 Å². The van der Waals surface area contributed by atoms with Crippen LogP contribution in [0.25, 0.3) is 0 Å². The van der Waals surface area contributed by atoms with E-state index in [9.17, 15) is 14.9 Å². The molecular weight excluding hydrogens is 198 g/mol. The summed E-state index contributed by atoms with van der Waals surface area (Å²) >= 11 is 0. The van der Waals surface area contributed by atoms with E-state index in [1.807, 2.05) is 13.8 Å². The van der Waals surface area contributed by atoms with Crippen LogP contribution in [0.2, 0.25) is 0 Å². The van der Waals surface area contributed by atoms with Crippen molar-refractivity contribution < 1.29 is 14.5 Å². The first-order valence-electron chi connectivity index (χ1n) is 5.25. The van der Waals surface area contributed by atoms with E-state index in [0.29, 0.717) is 12.3 Å². The summed E-state index contributed by atoms with van der Waals surface area (Å²) in [5.41, 5.74) is 0. The van der Waals surface area contributed by atoms with Crippen molar-refractivity contribution >= 4 is 5.97 Å². The number of carbonyl (C=O) groups excluding carboxylic acids is 1. The Morgan fingerprint density at radius 2 is 2.00 bits per heavy atom. The van der Waals surface area contributed by atoms with Gasteiger partial charge in [-0.1, -0.05) is 13.8 Å². The largest absolute Gasteiger partial charge is 0.466 e. The van der Waals surface area contributed by atoms with Gasteiger partial charge in [-0.2, -0.15) is 0 Å². The predicted molar refractivity (Wildman–Crippen MR) is 56.1 cm³/mol. The van der Waals surface area contributed by atoms with Crippen LogP contribution < -0.4 is 0 Å². The summed E-state index contributed by atoms with van der Waals surface area (Å²) in [5, 5.41) is 10.4. The molecule has 0 N–H and O–H groups in total. The second-order valence-corrected chi connectivity index (χ2v) is 3.94. The van der Waals surface area contributed by atoms with Gasteiger partial charge in [0, 0.05) is 4.92 Å². The summed E-state index contributed by atoms with van der Waals surface area (Å²) in [7, 11) is 0. The van der Waals surface area contributed by atoms with Crippen LogP contribution in [-0.2, 0) is 9.53 Å². The van der Waals surface area contributed by atoms with Crippen molar-refractivity contribution in [2.45, 2.75) is 33.6 Å². The fourth-order valence-corrected chi connectivity index (χ4v) is 1.26. The molecule has 0 aromatic carbocycles. The lowest BCUT2D eigenvalue weighted by Gasteiger charge is -2.12. The molecule has 0 spiro atoms. The average molecular weight is 217 g/mol. The van der Waals surface area contributed by atoms with Crippen molar-refractivity contribution in [1.29, 1.82) is 0 Å². The van der Waals surface area contributed by atoms with Gasteiger partial charge in [0.25, 0.3) is 0 Å². The highest BCUT2D eigenvalue weighted by Crippen LogP contribution is 2.14. The molecule has 5 nitrogen and oxygen atoms in total. The Kier molecular flexibility index (Phi) is 6.66. The first kappa shape index (κ1) is 13.9. The number of ether oxygens (including phenoxy) is 1. The second-order valence-electron chi connectivity index (χ2n) is 3.94. The summed E-state index contributed by atoms with van der Waals surface area (Å²) in [6.45, 7) is 5.69. The Morgan fingerprint density at radius 1 is 1.40 bits per heavy atom. The van der Waals surface area contributed by atoms with Crippen molar-refractivity contribution in [2.24, 2.45) is 11.8 Å². The van der Waals surface area contributed by atoms with Crippen molar-refractivity contribution in [1.82, 2.24) is 0 Å². The minimum absolute atomic E-state index is 0.273. The van der Waals surface area contributed by atoms with Gasteiger partial charge in [-0.15, -0.1) is 0 Å². The number of hydrogen-bond donors (Lipinski definition) is 0. The molecule has 0 heterocycles. The third-order valence-electron chi connectivity index (χ3n) is 2.08. The van der Waals surface area contributed by atoms with Crippen LogP contribution >= 0.6 is 0 Å². The van der Waals surface area contributed by atoms with Gasteiger partial charge in [0.1, 0.15) is 5.92 Å². The lowest BCUT2D eigenvalue weighted by Crippen LogP contribution is -2.25. The van der Waals surface area contributed by atoms with E-state index < -0.39 is 16.8 Å². The van der Waals surface area contributed by atoms with Gasteiger partial charge in [0.15, 0.2) is 0 Å². The summed E-state index contributed by atoms with van der Waals surface area (Å²) < 4.78 is 4.79. The first-order chi connectivity index (χ1) is 6.97. The molecule has 1 atom stereocenters. The maximum absolute atomic E-state index is 11.4. The monoisotopic (exact) mass is 217 g/mol. The van der Waals surface area contributed by atoms with Gasteiger partial charge < -0.3 is 4.74 Å². The van der Waals surface area contributed by atoms with Gasteiger partial charge in [-0.25, -0.2) is 0 Å². The van der Waals surface area contributed by atoms with Crippen LogP contribution in [0.1, 0.15) is 33.6 Å². The van der Waals surface area contributed by atoms with E-state index in [1.54, 1.807) is 6.92 Å². The Balaban J connectivity index is 4.17. The molecule has 0 radical (unpaired) electrons. The van der Waals surface area contributed by atoms with E-state index in [1.165, 1.54) is 0 Å². The molecular formula is C10H19NO4. The fourth-order valence-electron chi connectivity index (χ4n) is 1.26. The first-order valence-corrected chi connectivity index (χ1v) is 5.25. The average Bonchev–Trinajstić information content (AvgIpc) is 2.11. The Bertz CT molecular complexity index is 215. The van der Waals surface area contributed by atoms with Gasteiger partial charge in [-0.05, 0) is 25.7 Å². The van der Waals surface area contributed by atoms with Crippen LogP contribution in [0.5, 0.6) is 0 Å². The fraction of sp³-hybridized carbons (Fsp3) is 0.900. The maximum Gasteiger partial charge on any atom is 0.315 e. The number of nitrogens with zero attached hydrogens (tertiary/aromatic N) is 1. The van der Waals surface area contributed by atoms with E-state index >= 15 is 0 Å². The molecule has 5 heteroatoms. The van der Waals surface area contributed by atoms with Gasteiger partial charge in [0.2, 0.25) is 6.54 Å². The predicted octanol–water partition coefficient (Wildman–Crippen LogP) is 1.88. The zero-order valence-electron chi connectivity index (χ0n) is 9.56. The van der Waals surface area contributed by atoms with Crippen molar-refractivity contribution in [2.75, 3.05) is 13.2 Å². The molecule has 0 amide bonds. The number of nitro groups is 1. The molecule has 0 aromatic rings. The third-order valence-corrected chi connectivity index (χ3v) is 2.08. The van der Waals surface area contributed by atoms with E-state index in [-0.39, 0.29) is 13.2 Å². The van der Waals surface area contributed by atoms with Crippen molar-refractivity contribution in [3.63, 3.8) is 0 Å². The molecule has 0 rings (SSSR count).